The van der Waals surface area contributed by atoms with Crippen LogP contribution in [0.3, 0.4) is 0 Å². The molecule has 0 aliphatic heterocycles. The van der Waals surface area contributed by atoms with Crippen LogP contribution in [0.1, 0.15) is 5.69 Å². The molecule has 6 heteroatoms. The maximum absolute atomic E-state index is 8.62. The maximum Gasteiger partial charge on any atom is 0.223 e. The Labute approximate surface area is 94.2 Å². The fourth-order valence-electron chi connectivity index (χ4n) is 0.985. The Morgan fingerprint density at radius 2 is 2.31 bits per heavy atom. The molecule has 1 aromatic rings. The van der Waals surface area contributed by atoms with Crippen molar-refractivity contribution in [2.24, 2.45) is 0 Å². The minimum Gasteiger partial charge on any atom is -0.382 e. The van der Waals surface area contributed by atoms with Crippen LogP contribution < -0.4 is 5.32 Å². The van der Waals surface area contributed by atoms with Crippen molar-refractivity contribution in [1.82, 2.24) is 9.97 Å². The van der Waals surface area contributed by atoms with Crippen LogP contribution in [0.25, 0.3) is 0 Å². The lowest BCUT2D eigenvalue weighted by Gasteiger charge is -2.05. The predicted molar refractivity (Wildman–Crippen MR) is 57.9 cm³/mol. The summed E-state index contributed by atoms with van der Waals surface area (Å²) >= 11 is 0. The van der Waals surface area contributed by atoms with Gasteiger partial charge in [0.1, 0.15) is 11.8 Å². The third-order valence-electron chi connectivity index (χ3n) is 1.73. The zero-order valence-corrected chi connectivity index (χ0v) is 9.14. The van der Waals surface area contributed by atoms with E-state index in [1.54, 1.807) is 19.4 Å². The zero-order valence-electron chi connectivity index (χ0n) is 9.14. The Hall–Kier alpha value is -1.71. The monoisotopic (exact) mass is 222 g/mol. The smallest absolute Gasteiger partial charge is 0.223 e. The van der Waals surface area contributed by atoms with Gasteiger partial charge in [0.25, 0.3) is 0 Å². The van der Waals surface area contributed by atoms with Gasteiger partial charge in [-0.3, -0.25) is 0 Å². The van der Waals surface area contributed by atoms with E-state index in [2.05, 4.69) is 15.3 Å². The number of nitriles is 1. The van der Waals surface area contributed by atoms with Crippen LogP contribution in [-0.4, -0.2) is 43.4 Å². The molecule has 0 aliphatic carbocycles. The standard InChI is InChI=1S/C10H14N4O2/c1-15-6-7-16-5-4-13-10-12-3-2-9(8-11)14-10/h2-3H,4-7H2,1H3,(H,12,13,14). The van der Waals surface area contributed by atoms with E-state index >= 15 is 0 Å². The molecule has 0 unspecified atom stereocenters. The van der Waals surface area contributed by atoms with Crippen molar-refractivity contribution >= 4 is 5.95 Å². The van der Waals surface area contributed by atoms with Crippen molar-refractivity contribution in [3.63, 3.8) is 0 Å². The largest absolute Gasteiger partial charge is 0.382 e. The highest BCUT2D eigenvalue weighted by Gasteiger charge is 1.96. The van der Waals surface area contributed by atoms with Crippen molar-refractivity contribution in [1.29, 1.82) is 5.26 Å². The van der Waals surface area contributed by atoms with Crippen molar-refractivity contribution in [3.05, 3.63) is 18.0 Å². The van der Waals surface area contributed by atoms with Gasteiger partial charge in [-0.25, -0.2) is 9.97 Å². The van der Waals surface area contributed by atoms with Gasteiger partial charge in [0.05, 0.1) is 19.8 Å². The minimum absolute atomic E-state index is 0.345. The van der Waals surface area contributed by atoms with E-state index in [1.807, 2.05) is 6.07 Å². The van der Waals surface area contributed by atoms with E-state index in [0.717, 1.165) is 0 Å². The summed E-state index contributed by atoms with van der Waals surface area (Å²) in [7, 11) is 1.63. The Bertz CT molecular complexity index is 351. The average molecular weight is 222 g/mol. The van der Waals surface area contributed by atoms with E-state index < -0.39 is 0 Å². The molecule has 0 spiro atoms. The summed E-state index contributed by atoms with van der Waals surface area (Å²) in [5.41, 5.74) is 0.345. The van der Waals surface area contributed by atoms with Gasteiger partial charge >= 0.3 is 0 Å². The van der Waals surface area contributed by atoms with Gasteiger partial charge in [-0.2, -0.15) is 5.26 Å². The third kappa shape index (κ3) is 4.68. The number of rotatable bonds is 7. The normalized spacial score (nSPS) is 9.75. The molecule has 1 N–H and O–H groups in total. The Balaban J connectivity index is 2.19. The second-order valence-electron chi connectivity index (χ2n) is 2.91. The van der Waals surface area contributed by atoms with Gasteiger partial charge in [0.2, 0.25) is 5.95 Å². The highest BCUT2D eigenvalue weighted by molar-refractivity contribution is 5.29. The lowest BCUT2D eigenvalue weighted by molar-refractivity contribution is 0.0759. The molecular formula is C10H14N4O2. The highest BCUT2D eigenvalue weighted by Crippen LogP contribution is 1.97. The molecule has 16 heavy (non-hydrogen) atoms. The molecule has 1 aromatic heterocycles. The van der Waals surface area contributed by atoms with E-state index in [0.29, 0.717) is 38.0 Å². The summed E-state index contributed by atoms with van der Waals surface area (Å²) in [6.07, 6.45) is 1.54. The summed E-state index contributed by atoms with van der Waals surface area (Å²) in [6.45, 7) is 2.29. The van der Waals surface area contributed by atoms with Crippen molar-refractivity contribution < 1.29 is 9.47 Å². The first kappa shape index (κ1) is 12.4. The lowest BCUT2D eigenvalue weighted by atomic mass is 10.4. The van der Waals surface area contributed by atoms with Crippen LogP contribution in [0.4, 0.5) is 5.95 Å². The quantitative estimate of drug-likeness (QED) is 0.673. The molecule has 0 atom stereocenters. The number of nitrogens with zero attached hydrogens (tertiary/aromatic N) is 3. The first-order valence-electron chi connectivity index (χ1n) is 4.90. The predicted octanol–water partition coefficient (Wildman–Crippen LogP) is 0.423. The van der Waals surface area contributed by atoms with E-state index in [9.17, 15) is 0 Å². The number of hydrogen-bond acceptors (Lipinski definition) is 6. The molecule has 1 rings (SSSR count). The number of hydrogen-bond donors (Lipinski definition) is 1. The van der Waals surface area contributed by atoms with Crippen LogP contribution in [-0.2, 0) is 9.47 Å². The minimum atomic E-state index is 0.345. The van der Waals surface area contributed by atoms with Gasteiger partial charge in [-0.15, -0.1) is 0 Å². The topological polar surface area (TPSA) is 80.1 Å². The third-order valence-corrected chi connectivity index (χ3v) is 1.73. The van der Waals surface area contributed by atoms with Gasteiger partial charge < -0.3 is 14.8 Å². The molecular weight excluding hydrogens is 208 g/mol. The number of nitrogens with one attached hydrogen (secondary N) is 1. The summed E-state index contributed by atoms with van der Waals surface area (Å²) in [6, 6.07) is 3.50. The van der Waals surface area contributed by atoms with Crippen molar-refractivity contribution in [2.45, 2.75) is 0 Å². The summed E-state index contributed by atoms with van der Waals surface area (Å²) in [4.78, 5) is 7.93. The van der Waals surface area contributed by atoms with E-state index in [-0.39, 0.29) is 0 Å². The molecule has 0 fully saturated rings. The Kier molecular flexibility index (Phi) is 5.84. The van der Waals surface area contributed by atoms with Crippen molar-refractivity contribution in [2.75, 3.05) is 38.8 Å². The second kappa shape index (κ2) is 7.56. The van der Waals surface area contributed by atoms with E-state index in [4.69, 9.17) is 14.7 Å². The summed E-state index contributed by atoms with van der Waals surface area (Å²) in [5.74, 6) is 0.439. The maximum atomic E-state index is 8.62. The SMILES string of the molecule is COCCOCCNc1nccc(C#N)n1. The molecule has 6 nitrogen and oxygen atoms in total. The van der Waals surface area contributed by atoms with Crippen LogP contribution in [0.5, 0.6) is 0 Å². The van der Waals surface area contributed by atoms with Crippen LogP contribution >= 0.6 is 0 Å². The lowest BCUT2D eigenvalue weighted by Crippen LogP contribution is -2.13. The fraction of sp³-hybridized carbons (Fsp3) is 0.500. The van der Waals surface area contributed by atoms with Crippen LogP contribution in [0.15, 0.2) is 12.3 Å². The molecule has 0 saturated carbocycles. The molecule has 0 saturated heterocycles. The zero-order chi connectivity index (χ0) is 11.6. The molecule has 0 aromatic carbocycles. The number of ether oxygens (including phenoxy) is 2. The summed E-state index contributed by atoms with van der Waals surface area (Å²) in [5, 5.41) is 11.6. The fourth-order valence-corrected chi connectivity index (χ4v) is 0.985. The average Bonchev–Trinajstić information content (AvgIpc) is 2.34. The number of aromatic nitrogens is 2. The van der Waals surface area contributed by atoms with Gasteiger partial charge in [0.15, 0.2) is 0 Å². The molecule has 86 valence electrons. The van der Waals surface area contributed by atoms with Gasteiger partial charge in [-0.1, -0.05) is 0 Å². The van der Waals surface area contributed by atoms with Gasteiger partial charge in [-0.05, 0) is 6.07 Å². The van der Waals surface area contributed by atoms with Crippen LogP contribution in [0.2, 0.25) is 0 Å². The molecule has 1 heterocycles. The Morgan fingerprint density at radius 1 is 1.44 bits per heavy atom. The van der Waals surface area contributed by atoms with E-state index in [1.165, 1.54) is 0 Å². The highest BCUT2D eigenvalue weighted by atomic mass is 16.5. The molecule has 0 aliphatic rings. The Morgan fingerprint density at radius 3 is 3.06 bits per heavy atom. The van der Waals surface area contributed by atoms with Crippen LogP contribution in [0, 0.1) is 11.3 Å². The molecule has 0 amide bonds. The number of anilines is 1. The van der Waals surface area contributed by atoms with Crippen molar-refractivity contribution in [3.8, 4) is 6.07 Å². The second-order valence-corrected chi connectivity index (χ2v) is 2.91. The van der Waals surface area contributed by atoms with Gasteiger partial charge in [0, 0.05) is 19.9 Å². The molecule has 0 bridgehead atoms. The number of methoxy groups -OCH3 is 1. The summed E-state index contributed by atoms with van der Waals surface area (Å²) < 4.78 is 10.1. The molecule has 0 radical (unpaired) electrons. The first-order valence-corrected chi connectivity index (χ1v) is 4.90. The first-order chi connectivity index (χ1) is 7.86.